The Balaban J connectivity index is 2.56. The van der Waals surface area contributed by atoms with E-state index in [1.807, 2.05) is 6.92 Å². The van der Waals surface area contributed by atoms with E-state index in [4.69, 9.17) is 0 Å². The molecule has 1 aliphatic rings. The maximum atomic E-state index is 10.9. The number of hydrogen-bond donors (Lipinski definition) is 2. The summed E-state index contributed by atoms with van der Waals surface area (Å²) in [7, 11) is 0. The van der Waals surface area contributed by atoms with Crippen LogP contribution in [0.5, 0.6) is 0 Å². The molecule has 1 amide bonds. The van der Waals surface area contributed by atoms with E-state index in [9.17, 15) is 4.79 Å². The van der Waals surface area contributed by atoms with Gasteiger partial charge < -0.3 is 0 Å². The zero-order chi connectivity index (χ0) is 7.56. The van der Waals surface area contributed by atoms with Crippen molar-refractivity contribution < 1.29 is 4.79 Å². The molecule has 0 aromatic heterocycles. The van der Waals surface area contributed by atoms with Gasteiger partial charge in [0, 0.05) is 5.71 Å². The lowest BCUT2D eigenvalue weighted by molar-refractivity contribution is -0.122. The zero-order valence-electron chi connectivity index (χ0n) is 5.79. The Morgan fingerprint density at radius 3 is 2.90 bits per heavy atom. The Morgan fingerprint density at radius 1 is 1.80 bits per heavy atom. The molecule has 0 fully saturated rings. The Morgan fingerprint density at radius 2 is 2.50 bits per heavy atom. The Labute approximate surface area is 65.3 Å². The standard InChI is InChI=1S/C6H10N2OS/c1-4-5(2-3-10)6(9)8-7-4/h5,10H,2-3H2,1H3,(H,8,9)/t5-/m0/s1. The van der Waals surface area contributed by atoms with Crippen LogP contribution in [-0.2, 0) is 4.79 Å². The van der Waals surface area contributed by atoms with E-state index in [2.05, 4.69) is 23.2 Å². The summed E-state index contributed by atoms with van der Waals surface area (Å²) in [5, 5.41) is 3.80. The molecule has 0 aromatic carbocycles. The molecular formula is C6H10N2OS. The first-order valence-corrected chi connectivity index (χ1v) is 3.84. The molecule has 56 valence electrons. The minimum atomic E-state index is -0.0301. The van der Waals surface area contributed by atoms with Gasteiger partial charge in [-0.15, -0.1) is 0 Å². The smallest absolute Gasteiger partial charge is 0.248 e. The van der Waals surface area contributed by atoms with E-state index in [0.717, 1.165) is 17.9 Å². The maximum Gasteiger partial charge on any atom is 0.248 e. The highest BCUT2D eigenvalue weighted by Gasteiger charge is 2.25. The molecule has 3 nitrogen and oxygen atoms in total. The fourth-order valence-corrected chi connectivity index (χ4v) is 1.22. The number of hydrazone groups is 1. The van der Waals surface area contributed by atoms with Gasteiger partial charge >= 0.3 is 0 Å². The van der Waals surface area contributed by atoms with Crippen molar-refractivity contribution >= 4 is 24.2 Å². The number of nitrogens with one attached hydrogen (secondary N) is 1. The molecule has 0 radical (unpaired) electrons. The maximum absolute atomic E-state index is 10.9. The van der Waals surface area contributed by atoms with Crippen LogP contribution in [0.25, 0.3) is 0 Å². The molecule has 0 bridgehead atoms. The summed E-state index contributed by atoms with van der Waals surface area (Å²) in [5.74, 6) is 0.703. The third-order valence-electron chi connectivity index (χ3n) is 1.58. The summed E-state index contributed by atoms with van der Waals surface area (Å²) >= 11 is 4.04. The lowest BCUT2D eigenvalue weighted by atomic mass is 10.0. The Bertz CT molecular complexity index is 179. The second-order valence-electron chi connectivity index (χ2n) is 2.29. The van der Waals surface area contributed by atoms with Crippen LogP contribution < -0.4 is 5.43 Å². The quantitative estimate of drug-likeness (QED) is 0.562. The number of hydrogen-bond acceptors (Lipinski definition) is 3. The first kappa shape index (κ1) is 7.60. The van der Waals surface area contributed by atoms with Crippen molar-refractivity contribution in [3.8, 4) is 0 Å². The fourth-order valence-electron chi connectivity index (χ4n) is 0.958. The zero-order valence-corrected chi connectivity index (χ0v) is 6.69. The lowest BCUT2D eigenvalue weighted by Gasteiger charge is -2.02. The van der Waals surface area contributed by atoms with Crippen LogP contribution in [0.1, 0.15) is 13.3 Å². The Hall–Kier alpha value is -0.510. The average Bonchev–Trinajstić information content (AvgIpc) is 2.20. The summed E-state index contributed by atoms with van der Waals surface area (Å²) in [6.07, 6.45) is 0.782. The monoisotopic (exact) mass is 158 g/mol. The molecule has 0 unspecified atom stereocenters. The largest absolute Gasteiger partial charge is 0.272 e. The number of thiol groups is 1. The van der Waals surface area contributed by atoms with Crippen molar-refractivity contribution in [2.45, 2.75) is 13.3 Å². The normalized spacial score (nSPS) is 24.4. The van der Waals surface area contributed by atoms with Gasteiger partial charge in [-0.05, 0) is 19.1 Å². The summed E-state index contributed by atoms with van der Waals surface area (Å²) in [6, 6.07) is 0. The molecule has 1 heterocycles. The van der Waals surface area contributed by atoms with E-state index < -0.39 is 0 Å². The van der Waals surface area contributed by atoms with E-state index in [1.54, 1.807) is 0 Å². The van der Waals surface area contributed by atoms with Crippen LogP contribution in [0.3, 0.4) is 0 Å². The highest BCUT2D eigenvalue weighted by atomic mass is 32.1. The molecule has 4 heteroatoms. The van der Waals surface area contributed by atoms with Gasteiger partial charge in [-0.1, -0.05) is 0 Å². The first-order valence-electron chi connectivity index (χ1n) is 3.20. The molecule has 0 aromatic rings. The SMILES string of the molecule is CC1=NNC(=O)[C@H]1CCS. The van der Waals surface area contributed by atoms with Gasteiger partial charge in [0.15, 0.2) is 0 Å². The van der Waals surface area contributed by atoms with Gasteiger partial charge in [0.25, 0.3) is 0 Å². The van der Waals surface area contributed by atoms with Gasteiger partial charge in [0.05, 0.1) is 5.92 Å². The number of amides is 1. The molecule has 0 aliphatic carbocycles. The van der Waals surface area contributed by atoms with Gasteiger partial charge in [0.2, 0.25) is 5.91 Å². The van der Waals surface area contributed by atoms with Crippen molar-refractivity contribution in [2.75, 3.05) is 5.75 Å². The van der Waals surface area contributed by atoms with Crippen LogP contribution >= 0.6 is 12.6 Å². The van der Waals surface area contributed by atoms with Crippen molar-refractivity contribution in [3.63, 3.8) is 0 Å². The van der Waals surface area contributed by atoms with Crippen LogP contribution in [0.15, 0.2) is 5.10 Å². The minimum absolute atomic E-state index is 0.00606. The van der Waals surface area contributed by atoms with Gasteiger partial charge in [-0.2, -0.15) is 17.7 Å². The van der Waals surface area contributed by atoms with Crippen LogP contribution in [0, 0.1) is 5.92 Å². The van der Waals surface area contributed by atoms with Crippen molar-refractivity contribution in [1.29, 1.82) is 0 Å². The van der Waals surface area contributed by atoms with Gasteiger partial charge in [-0.3, -0.25) is 4.79 Å². The molecule has 1 atom stereocenters. The van der Waals surface area contributed by atoms with Gasteiger partial charge in [0.1, 0.15) is 0 Å². The topological polar surface area (TPSA) is 41.5 Å². The van der Waals surface area contributed by atoms with Crippen LogP contribution in [0.4, 0.5) is 0 Å². The molecule has 1 N–H and O–H groups in total. The Kier molecular flexibility index (Phi) is 2.32. The minimum Gasteiger partial charge on any atom is -0.272 e. The van der Waals surface area contributed by atoms with E-state index in [0.29, 0.717) is 0 Å². The second-order valence-corrected chi connectivity index (χ2v) is 2.74. The molecule has 0 spiro atoms. The van der Waals surface area contributed by atoms with Gasteiger partial charge in [-0.25, -0.2) is 5.43 Å². The number of carbonyl (C=O) groups is 1. The van der Waals surface area contributed by atoms with Crippen molar-refractivity contribution in [3.05, 3.63) is 0 Å². The number of carbonyl (C=O) groups excluding carboxylic acids is 1. The van der Waals surface area contributed by atoms with E-state index >= 15 is 0 Å². The van der Waals surface area contributed by atoms with Crippen LogP contribution in [0.2, 0.25) is 0 Å². The summed E-state index contributed by atoms with van der Waals surface area (Å²) in [4.78, 5) is 10.9. The third kappa shape index (κ3) is 1.31. The summed E-state index contributed by atoms with van der Waals surface area (Å²) in [5.41, 5.74) is 3.29. The van der Waals surface area contributed by atoms with E-state index in [1.165, 1.54) is 0 Å². The predicted octanol–water partition coefficient (Wildman–Crippen LogP) is 0.428. The van der Waals surface area contributed by atoms with E-state index in [-0.39, 0.29) is 11.8 Å². The molecule has 1 aliphatic heterocycles. The predicted molar refractivity (Wildman–Crippen MR) is 43.2 cm³/mol. The average molecular weight is 158 g/mol. The summed E-state index contributed by atoms with van der Waals surface area (Å²) in [6.45, 7) is 1.85. The molecule has 10 heavy (non-hydrogen) atoms. The van der Waals surface area contributed by atoms with Crippen LogP contribution in [-0.4, -0.2) is 17.4 Å². The fraction of sp³-hybridized carbons (Fsp3) is 0.667. The first-order chi connectivity index (χ1) is 4.75. The lowest BCUT2D eigenvalue weighted by Crippen LogP contribution is -2.22. The third-order valence-corrected chi connectivity index (χ3v) is 1.84. The molecular weight excluding hydrogens is 148 g/mol. The molecule has 0 saturated heterocycles. The second kappa shape index (κ2) is 3.05. The van der Waals surface area contributed by atoms with Crippen molar-refractivity contribution in [2.24, 2.45) is 11.0 Å². The molecule has 0 saturated carbocycles. The molecule has 1 rings (SSSR count). The highest BCUT2D eigenvalue weighted by molar-refractivity contribution is 7.80. The summed E-state index contributed by atoms with van der Waals surface area (Å²) < 4.78 is 0. The highest BCUT2D eigenvalue weighted by Crippen LogP contribution is 2.11. The number of rotatable bonds is 2. The number of nitrogens with zero attached hydrogens (tertiary/aromatic N) is 1. The van der Waals surface area contributed by atoms with Crippen molar-refractivity contribution in [1.82, 2.24) is 5.43 Å².